The van der Waals surface area contributed by atoms with Crippen molar-refractivity contribution in [2.75, 3.05) is 18.9 Å². The number of aromatic amines is 1. The van der Waals surface area contributed by atoms with Crippen LogP contribution in [0.5, 0.6) is 0 Å². The molecular formula is C21H24N9O9P. The predicted octanol–water partition coefficient (Wildman–Crippen LogP) is -0.416. The molecule has 4 aromatic rings. The number of H-pyrrole nitrogens is 1. The van der Waals surface area contributed by atoms with Crippen molar-refractivity contribution in [2.45, 2.75) is 49.9 Å². The first kappa shape index (κ1) is 25.6. The minimum absolute atomic E-state index is 0.0731. The van der Waals surface area contributed by atoms with E-state index in [0.29, 0.717) is 17.6 Å². The van der Waals surface area contributed by atoms with E-state index >= 15 is 0 Å². The van der Waals surface area contributed by atoms with Crippen LogP contribution in [0.1, 0.15) is 25.3 Å². The van der Waals surface area contributed by atoms with E-state index in [1.807, 2.05) is 0 Å². The Balaban J connectivity index is 1.14. The Morgan fingerprint density at radius 2 is 1.80 bits per heavy atom. The van der Waals surface area contributed by atoms with Gasteiger partial charge in [0.15, 0.2) is 41.4 Å². The van der Waals surface area contributed by atoms with Crippen LogP contribution in [0.2, 0.25) is 0 Å². The van der Waals surface area contributed by atoms with E-state index in [4.69, 9.17) is 29.0 Å². The Morgan fingerprint density at radius 3 is 2.65 bits per heavy atom. The molecule has 4 aromatic heterocycles. The highest BCUT2D eigenvalue weighted by atomic mass is 31.2. The van der Waals surface area contributed by atoms with Gasteiger partial charge in [-0.2, -0.15) is 0 Å². The van der Waals surface area contributed by atoms with Gasteiger partial charge in [-0.25, -0.2) is 29.5 Å². The molecule has 3 saturated heterocycles. The van der Waals surface area contributed by atoms with Gasteiger partial charge >= 0.3 is 7.82 Å². The number of aliphatic hydroxyl groups excluding tert-OH is 1. The Morgan fingerprint density at radius 1 is 1.02 bits per heavy atom. The Labute approximate surface area is 223 Å². The molecule has 3 aliphatic rings. The highest BCUT2D eigenvalue weighted by Gasteiger charge is 2.48. The van der Waals surface area contributed by atoms with Gasteiger partial charge in [-0.3, -0.25) is 23.0 Å². The van der Waals surface area contributed by atoms with Gasteiger partial charge in [0.25, 0.3) is 5.56 Å². The van der Waals surface area contributed by atoms with Crippen molar-refractivity contribution < 1.29 is 37.8 Å². The molecule has 8 atom stereocenters. The van der Waals surface area contributed by atoms with Crippen molar-refractivity contribution in [1.29, 1.82) is 0 Å². The third-order valence-electron chi connectivity index (χ3n) is 7.28. The second-order valence-corrected chi connectivity index (χ2v) is 11.0. The van der Waals surface area contributed by atoms with Gasteiger partial charge < -0.3 is 34.9 Å². The number of nitrogen functional groups attached to an aromatic ring is 1. The zero-order valence-corrected chi connectivity index (χ0v) is 21.5. The summed E-state index contributed by atoms with van der Waals surface area (Å²) in [6.45, 7) is -0.194. The number of fused-ring (bicyclic) bond motifs is 5. The number of ether oxygens (including phenoxy) is 3. The van der Waals surface area contributed by atoms with Gasteiger partial charge in [-0.1, -0.05) is 0 Å². The largest absolute Gasteiger partial charge is 0.472 e. The summed E-state index contributed by atoms with van der Waals surface area (Å²) in [4.78, 5) is 45.7. The number of hydrogen-bond acceptors (Lipinski definition) is 14. The molecule has 18 nitrogen and oxygen atoms in total. The number of rotatable bonds is 2. The molecule has 40 heavy (non-hydrogen) atoms. The number of nitrogens with one attached hydrogen (secondary N) is 1. The SMILES string of the molecule is Nc1ncnc2c1ncn2[C@@H]1O[C@@H]2COP(=O)(O)O[C@@H]3CC(OCC[C@H]2[C@H]1O)O[C@H]3n1cnc2c(=O)[nH]cnc21. The van der Waals surface area contributed by atoms with Gasteiger partial charge in [0.2, 0.25) is 0 Å². The molecule has 7 heterocycles. The zero-order chi connectivity index (χ0) is 27.6. The summed E-state index contributed by atoms with van der Waals surface area (Å²) in [7, 11) is -4.66. The maximum atomic E-state index is 13.0. The van der Waals surface area contributed by atoms with Crippen molar-refractivity contribution in [3.05, 3.63) is 35.7 Å². The number of phosphoric acid groups is 1. The summed E-state index contributed by atoms with van der Waals surface area (Å²) >= 11 is 0. The molecular weight excluding hydrogens is 553 g/mol. The number of nitrogens with two attached hydrogens (primary N) is 1. The molecule has 0 radical (unpaired) electrons. The van der Waals surface area contributed by atoms with E-state index in [0.717, 1.165) is 0 Å². The number of aromatic nitrogens is 8. The van der Waals surface area contributed by atoms with Crippen LogP contribution in [-0.2, 0) is 27.8 Å². The molecule has 3 aliphatic heterocycles. The lowest BCUT2D eigenvalue weighted by Gasteiger charge is -2.24. The molecule has 0 aliphatic carbocycles. The third-order valence-corrected chi connectivity index (χ3v) is 8.30. The standard InChI is InChI=1S/C21H24N9O9P/c22-16-13-17(24-5-23-16)30(7-27-13)21-15(31)9-1-2-35-12-3-10(39-40(33,34)36-4-11(9)37-21)20(38-12)29-8-28-14-18(29)25-6-26-19(14)32/h5-12,15,20-21,31H,1-4H2,(H,33,34)(H2,22,23,24)(H,25,26,32)/t9-,10-,11-,12?,15-,20-,21-/m1/s1. The summed E-state index contributed by atoms with van der Waals surface area (Å²) in [5.41, 5.74) is 6.43. The van der Waals surface area contributed by atoms with Gasteiger partial charge in [0.1, 0.15) is 24.1 Å². The van der Waals surface area contributed by atoms with Crippen LogP contribution < -0.4 is 11.3 Å². The lowest BCUT2D eigenvalue weighted by atomic mass is 9.95. The fourth-order valence-electron chi connectivity index (χ4n) is 5.40. The average molecular weight is 577 g/mol. The van der Waals surface area contributed by atoms with Crippen molar-refractivity contribution in [3.63, 3.8) is 0 Å². The Hall–Kier alpha value is -3.35. The molecule has 0 spiro atoms. The monoisotopic (exact) mass is 577 g/mol. The van der Waals surface area contributed by atoms with Crippen LogP contribution in [0.25, 0.3) is 22.3 Å². The average Bonchev–Trinajstić information content (AvgIpc) is 3.68. The highest BCUT2D eigenvalue weighted by Crippen LogP contribution is 2.51. The molecule has 3 fully saturated rings. The summed E-state index contributed by atoms with van der Waals surface area (Å²) < 4.78 is 44.9. The number of nitrogens with zero attached hydrogens (tertiary/aromatic N) is 7. The second kappa shape index (κ2) is 9.64. The van der Waals surface area contributed by atoms with Gasteiger partial charge in [-0.15, -0.1) is 0 Å². The predicted molar refractivity (Wildman–Crippen MR) is 131 cm³/mol. The van der Waals surface area contributed by atoms with E-state index in [1.165, 1.54) is 34.4 Å². The van der Waals surface area contributed by atoms with Crippen LogP contribution in [0.3, 0.4) is 0 Å². The number of aliphatic hydroxyl groups is 1. The molecule has 0 amide bonds. The topological polar surface area (TPSA) is 237 Å². The number of hydrogen-bond donors (Lipinski definition) is 4. The van der Waals surface area contributed by atoms with E-state index in [1.54, 1.807) is 0 Å². The Kier molecular flexibility index (Phi) is 6.17. The maximum Gasteiger partial charge on any atom is 0.472 e. The minimum Gasteiger partial charge on any atom is -0.388 e. The van der Waals surface area contributed by atoms with Crippen LogP contribution in [0, 0.1) is 5.92 Å². The third kappa shape index (κ3) is 4.29. The molecule has 0 aromatic carbocycles. The number of phosphoric ester groups is 1. The van der Waals surface area contributed by atoms with Crippen molar-refractivity contribution in [3.8, 4) is 0 Å². The molecule has 0 saturated carbocycles. The quantitative estimate of drug-likeness (QED) is 0.221. The van der Waals surface area contributed by atoms with Crippen LogP contribution >= 0.6 is 7.82 Å². The first-order valence-electron chi connectivity index (χ1n) is 12.4. The van der Waals surface area contributed by atoms with Crippen LogP contribution in [-0.4, -0.2) is 86.9 Å². The summed E-state index contributed by atoms with van der Waals surface area (Å²) in [5, 5.41) is 11.2. The number of anilines is 1. The van der Waals surface area contributed by atoms with Crippen molar-refractivity contribution in [2.24, 2.45) is 5.92 Å². The molecule has 7 rings (SSSR count). The smallest absolute Gasteiger partial charge is 0.388 e. The molecule has 5 N–H and O–H groups in total. The van der Waals surface area contributed by atoms with Gasteiger partial charge in [0, 0.05) is 12.3 Å². The maximum absolute atomic E-state index is 13.0. The molecule has 19 heteroatoms. The van der Waals surface area contributed by atoms with Crippen LogP contribution in [0.15, 0.2) is 30.1 Å². The van der Waals surface area contributed by atoms with Crippen molar-refractivity contribution in [1.82, 2.24) is 39.0 Å². The summed E-state index contributed by atoms with van der Waals surface area (Å²) in [6.07, 6.45) is 0.0515. The van der Waals surface area contributed by atoms with Crippen molar-refractivity contribution >= 4 is 36.0 Å². The highest BCUT2D eigenvalue weighted by molar-refractivity contribution is 7.47. The van der Waals surface area contributed by atoms with E-state index in [-0.39, 0.29) is 36.6 Å². The fourth-order valence-corrected chi connectivity index (χ4v) is 6.33. The van der Waals surface area contributed by atoms with Gasteiger partial charge in [-0.05, 0) is 6.42 Å². The van der Waals surface area contributed by atoms with E-state index in [9.17, 15) is 19.4 Å². The first-order chi connectivity index (χ1) is 19.3. The second-order valence-electron chi connectivity index (χ2n) is 9.62. The van der Waals surface area contributed by atoms with Crippen LogP contribution in [0.4, 0.5) is 5.82 Å². The summed E-state index contributed by atoms with van der Waals surface area (Å²) in [5.74, 6) is -0.375. The normalized spacial score (nSPS) is 35.0. The van der Waals surface area contributed by atoms with E-state index < -0.39 is 56.4 Å². The lowest BCUT2D eigenvalue weighted by Crippen LogP contribution is -2.31. The Bertz CT molecular complexity index is 1680. The molecule has 2 bridgehead atoms. The lowest BCUT2D eigenvalue weighted by molar-refractivity contribution is -0.155. The van der Waals surface area contributed by atoms with Gasteiger partial charge in [0.05, 0.1) is 38.3 Å². The molecule has 2 unspecified atom stereocenters. The number of imidazole rings is 2. The fraction of sp³-hybridized carbons (Fsp3) is 0.524. The first-order valence-corrected chi connectivity index (χ1v) is 13.9. The molecule has 212 valence electrons. The summed E-state index contributed by atoms with van der Waals surface area (Å²) in [6, 6.07) is 0. The van der Waals surface area contributed by atoms with E-state index in [2.05, 4.69) is 29.9 Å². The zero-order valence-electron chi connectivity index (χ0n) is 20.6. The minimum atomic E-state index is -4.66.